The second-order valence-corrected chi connectivity index (χ2v) is 11.3. The molecule has 1 unspecified atom stereocenters. The summed E-state index contributed by atoms with van der Waals surface area (Å²) in [6.07, 6.45) is 6.96. The molecular weight excluding hydrogens is 436 g/mol. The Morgan fingerprint density at radius 2 is 2.03 bits per heavy atom. The number of ether oxygens (including phenoxy) is 1. The molecule has 2 aromatic heterocycles. The van der Waals surface area contributed by atoms with Crippen LogP contribution >= 0.6 is 11.6 Å². The van der Waals surface area contributed by atoms with Gasteiger partial charge in [-0.1, -0.05) is 18.5 Å². The molecule has 4 rings (SSSR count). The maximum absolute atomic E-state index is 12.1. The number of carbonyl (C=O) groups is 1. The first-order valence-electron chi connectivity index (χ1n) is 10.8. The van der Waals surface area contributed by atoms with Crippen LogP contribution in [0.2, 0.25) is 5.15 Å². The number of pyridine rings is 2. The molecule has 2 aliphatic rings. The summed E-state index contributed by atoms with van der Waals surface area (Å²) in [6, 6.07) is 1.83. The summed E-state index contributed by atoms with van der Waals surface area (Å²) in [5, 5.41) is 7.84. The Morgan fingerprint density at radius 3 is 2.65 bits per heavy atom. The molecule has 1 aliphatic carbocycles. The summed E-state index contributed by atoms with van der Waals surface area (Å²) >= 11 is 6.22. The van der Waals surface area contributed by atoms with Crippen LogP contribution < -0.4 is 9.88 Å². The molecule has 2 N–H and O–H groups in total. The lowest BCUT2D eigenvalue weighted by atomic mass is 9.86. The number of nitrogens with two attached hydrogens (primary N) is 1. The van der Waals surface area contributed by atoms with Crippen molar-refractivity contribution in [1.82, 2.24) is 14.9 Å². The van der Waals surface area contributed by atoms with Crippen LogP contribution in [-0.2, 0) is 15.8 Å². The van der Waals surface area contributed by atoms with Gasteiger partial charge in [0.15, 0.2) is 0 Å². The van der Waals surface area contributed by atoms with Gasteiger partial charge >= 0.3 is 0 Å². The smallest absolute Gasteiger partial charge is 0.225 e. The largest absolute Gasteiger partial charge is 0.470 e. The van der Waals surface area contributed by atoms with Crippen LogP contribution in [0.15, 0.2) is 18.5 Å². The van der Waals surface area contributed by atoms with Crippen molar-refractivity contribution in [2.24, 2.45) is 11.1 Å². The topological polar surface area (TPSA) is 98.4 Å². The number of hydrogen-bond acceptors (Lipinski definition) is 5. The van der Waals surface area contributed by atoms with Crippen molar-refractivity contribution < 1.29 is 13.7 Å². The zero-order chi connectivity index (χ0) is 22.3. The first-order chi connectivity index (χ1) is 14.7. The Balaban J connectivity index is 1.58. The standard InChI is InChI=1S/C22H29ClN4O3S/c1-4-13(8-22(2,3)31(24)29)17-9-26-20(18-10-25-19(23)7-16(17)18)30-15-11-27(12-15)21(28)14-5-6-14/h7,9-10,13-15H,4-6,8,11-12,24H2,1-3H3/t13-,31?/m0/s1. The Bertz CT molecular complexity index is 1020. The van der Waals surface area contributed by atoms with E-state index in [1.165, 1.54) is 0 Å². The number of rotatable bonds is 8. The van der Waals surface area contributed by atoms with Crippen LogP contribution in [0.4, 0.5) is 0 Å². The average molecular weight is 465 g/mol. The quantitative estimate of drug-likeness (QED) is 0.602. The lowest BCUT2D eigenvalue weighted by molar-refractivity contribution is -0.141. The molecule has 2 aromatic rings. The molecular formula is C22H29ClN4O3S. The molecule has 0 bridgehead atoms. The molecule has 7 nitrogen and oxygen atoms in total. The van der Waals surface area contributed by atoms with Crippen molar-refractivity contribution in [1.29, 1.82) is 0 Å². The molecule has 168 valence electrons. The number of halogens is 1. The Labute approximate surface area is 190 Å². The summed E-state index contributed by atoms with van der Waals surface area (Å²) in [5.41, 5.74) is 1.02. The highest BCUT2D eigenvalue weighted by Crippen LogP contribution is 2.38. The predicted octanol–water partition coefficient (Wildman–Crippen LogP) is 3.57. The third kappa shape index (κ3) is 4.71. The fourth-order valence-electron chi connectivity index (χ4n) is 4.11. The van der Waals surface area contributed by atoms with Gasteiger partial charge in [-0.05, 0) is 62.5 Å². The first-order valence-corrected chi connectivity index (χ1v) is 12.3. The first kappa shape index (κ1) is 22.4. The van der Waals surface area contributed by atoms with E-state index in [1.807, 2.05) is 31.0 Å². The third-order valence-corrected chi connectivity index (χ3v) is 7.78. The van der Waals surface area contributed by atoms with E-state index in [0.29, 0.717) is 30.5 Å². The van der Waals surface area contributed by atoms with Crippen molar-refractivity contribution >= 4 is 39.3 Å². The maximum atomic E-state index is 12.1. The molecule has 2 fully saturated rings. The summed E-state index contributed by atoms with van der Waals surface area (Å²) in [4.78, 5) is 22.8. The molecule has 1 saturated carbocycles. The molecule has 0 radical (unpaired) electrons. The van der Waals surface area contributed by atoms with E-state index in [-0.39, 0.29) is 23.8 Å². The molecule has 9 heteroatoms. The molecule has 1 saturated heterocycles. The van der Waals surface area contributed by atoms with Gasteiger partial charge in [0.25, 0.3) is 0 Å². The van der Waals surface area contributed by atoms with Gasteiger partial charge in [-0.25, -0.2) is 14.2 Å². The molecule has 0 spiro atoms. The van der Waals surface area contributed by atoms with Gasteiger partial charge in [0.05, 0.1) is 34.2 Å². The van der Waals surface area contributed by atoms with Crippen LogP contribution in [0, 0.1) is 5.92 Å². The average Bonchev–Trinajstić information content (AvgIpc) is 3.53. The van der Waals surface area contributed by atoms with Crippen LogP contribution in [0.25, 0.3) is 10.8 Å². The monoisotopic (exact) mass is 464 g/mol. The second-order valence-electron chi connectivity index (χ2n) is 9.20. The van der Waals surface area contributed by atoms with Gasteiger partial charge < -0.3 is 9.64 Å². The Morgan fingerprint density at radius 1 is 1.32 bits per heavy atom. The number of nitrogens with zero attached hydrogens (tertiary/aromatic N) is 3. The van der Waals surface area contributed by atoms with Gasteiger partial charge in [-0.2, -0.15) is 0 Å². The summed E-state index contributed by atoms with van der Waals surface area (Å²) in [7, 11) is -1.44. The zero-order valence-electron chi connectivity index (χ0n) is 18.1. The van der Waals surface area contributed by atoms with E-state index < -0.39 is 15.7 Å². The highest BCUT2D eigenvalue weighted by atomic mass is 35.5. The third-order valence-electron chi connectivity index (χ3n) is 6.31. The van der Waals surface area contributed by atoms with Crippen molar-refractivity contribution in [2.75, 3.05) is 13.1 Å². The minimum atomic E-state index is -1.44. The fourth-order valence-corrected chi connectivity index (χ4v) is 4.64. The van der Waals surface area contributed by atoms with Gasteiger partial charge in [0, 0.05) is 18.3 Å². The SMILES string of the molecule is CC[C@@H](CC(C)(C)S(N)=O)c1cnc(OC2CN(C(=O)C3CC3)C2)c2cnc(Cl)cc12. The molecule has 0 aromatic carbocycles. The lowest BCUT2D eigenvalue weighted by Crippen LogP contribution is -2.56. The number of hydrogen-bond donors (Lipinski definition) is 1. The lowest BCUT2D eigenvalue weighted by Gasteiger charge is -2.39. The van der Waals surface area contributed by atoms with Crippen LogP contribution in [0.1, 0.15) is 57.9 Å². The van der Waals surface area contributed by atoms with E-state index in [1.54, 1.807) is 6.20 Å². The summed E-state index contributed by atoms with van der Waals surface area (Å²) in [5.74, 6) is 1.08. The van der Waals surface area contributed by atoms with E-state index in [9.17, 15) is 9.00 Å². The van der Waals surface area contributed by atoms with E-state index >= 15 is 0 Å². The van der Waals surface area contributed by atoms with Crippen LogP contribution in [0.3, 0.4) is 0 Å². The second kappa shape index (κ2) is 8.64. The van der Waals surface area contributed by atoms with E-state index in [0.717, 1.165) is 35.6 Å². The van der Waals surface area contributed by atoms with Crippen molar-refractivity contribution in [3.8, 4) is 5.88 Å². The number of carbonyl (C=O) groups excluding carboxylic acids is 1. The molecule has 2 atom stereocenters. The molecule has 31 heavy (non-hydrogen) atoms. The van der Waals surface area contributed by atoms with Gasteiger partial charge in [0.1, 0.15) is 11.3 Å². The fraction of sp³-hybridized carbons (Fsp3) is 0.591. The number of amides is 1. The van der Waals surface area contributed by atoms with Crippen LogP contribution in [-0.4, -0.2) is 48.9 Å². The molecule has 3 heterocycles. The molecule has 1 amide bonds. The van der Waals surface area contributed by atoms with Crippen molar-refractivity contribution in [2.45, 2.75) is 63.2 Å². The van der Waals surface area contributed by atoms with Crippen molar-refractivity contribution in [3.05, 3.63) is 29.2 Å². The number of fused-ring (bicyclic) bond motifs is 1. The minimum absolute atomic E-state index is 0.0690. The molecule has 1 aliphatic heterocycles. The van der Waals surface area contributed by atoms with E-state index in [2.05, 4.69) is 16.9 Å². The number of likely N-dealkylation sites (tertiary alicyclic amines) is 1. The Kier molecular flexibility index (Phi) is 6.25. The van der Waals surface area contributed by atoms with E-state index in [4.69, 9.17) is 21.5 Å². The zero-order valence-corrected chi connectivity index (χ0v) is 19.7. The minimum Gasteiger partial charge on any atom is -0.470 e. The number of aromatic nitrogens is 2. The predicted molar refractivity (Wildman–Crippen MR) is 122 cm³/mol. The van der Waals surface area contributed by atoms with Gasteiger partial charge in [-0.3, -0.25) is 9.93 Å². The summed E-state index contributed by atoms with van der Waals surface area (Å²) < 4.78 is 17.6. The van der Waals surface area contributed by atoms with Crippen LogP contribution in [0.5, 0.6) is 5.88 Å². The van der Waals surface area contributed by atoms with Gasteiger partial charge in [0.2, 0.25) is 11.8 Å². The maximum Gasteiger partial charge on any atom is 0.225 e. The highest BCUT2D eigenvalue weighted by molar-refractivity contribution is 7.84. The summed E-state index contributed by atoms with van der Waals surface area (Å²) in [6.45, 7) is 7.11. The highest BCUT2D eigenvalue weighted by Gasteiger charge is 2.40. The van der Waals surface area contributed by atoms with Gasteiger partial charge in [-0.15, -0.1) is 0 Å². The van der Waals surface area contributed by atoms with Crippen molar-refractivity contribution in [3.63, 3.8) is 0 Å². The Hall–Kier alpha value is -1.77. The normalized spacial score (nSPS) is 19.2.